The molecular formula is C7H12N4. The van der Waals surface area contributed by atoms with Gasteiger partial charge in [-0.25, -0.2) is 0 Å². The first-order valence-electron chi connectivity index (χ1n) is 3.46. The van der Waals surface area contributed by atoms with Gasteiger partial charge in [0.1, 0.15) is 0 Å². The lowest BCUT2D eigenvalue weighted by Gasteiger charge is -1.91. The van der Waals surface area contributed by atoms with Gasteiger partial charge in [0.25, 0.3) is 0 Å². The Kier molecular flexibility index (Phi) is 2.25. The van der Waals surface area contributed by atoms with Gasteiger partial charge >= 0.3 is 0 Å². The molecule has 0 radical (unpaired) electrons. The van der Waals surface area contributed by atoms with Crippen molar-refractivity contribution in [1.82, 2.24) is 10.2 Å². The Morgan fingerprint density at radius 2 is 2.55 bits per heavy atom. The maximum Gasteiger partial charge on any atom is 0.0681 e. The van der Waals surface area contributed by atoms with Crippen LogP contribution in [0.3, 0.4) is 0 Å². The predicted molar refractivity (Wildman–Crippen MR) is 44.3 cm³/mol. The number of rotatable bonds is 2. The van der Waals surface area contributed by atoms with Crippen LogP contribution in [0.5, 0.6) is 0 Å². The van der Waals surface area contributed by atoms with Crippen LogP contribution in [0.25, 0.3) is 0 Å². The summed E-state index contributed by atoms with van der Waals surface area (Å²) in [5.41, 5.74) is 2.93. The van der Waals surface area contributed by atoms with Crippen molar-refractivity contribution in [1.29, 1.82) is 0 Å². The first-order chi connectivity index (χ1) is 5.22. The number of nitrogens with zero attached hydrogens (tertiary/aromatic N) is 2. The van der Waals surface area contributed by atoms with E-state index in [9.17, 15) is 0 Å². The van der Waals surface area contributed by atoms with Gasteiger partial charge in [0, 0.05) is 17.8 Å². The number of aromatic amines is 1. The fourth-order valence-corrected chi connectivity index (χ4v) is 0.873. The molecular weight excluding hydrogens is 140 g/mol. The Labute approximate surface area is 65.5 Å². The van der Waals surface area contributed by atoms with E-state index >= 15 is 0 Å². The molecule has 0 aliphatic carbocycles. The lowest BCUT2D eigenvalue weighted by atomic mass is 10.2. The minimum Gasteiger partial charge on any atom is -0.323 e. The molecule has 0 aliphatic rings. The summed E-state index contributed by atoms with van der Waals surface area (Å²) in [5.74, 6) is 5.08. The van der Waals surface area contributed by atoms with Gasteiger partial charge in [-0.1, -0.05) is 0 Å². The smallest absolute Gasteiger partial charge is 0.0681 e. The van der Waals surface area contributed by atoms with Crippen LogP contribution in [-0.4, -0.2) is 15.9 Å². The van der Waals surface area contributed by atoms with Gasteiger partial charge < -0.3 is 5.84 Å². The van der Waals surface area contributed by atoms with Gasteiger partial charge in [0.05, 0.1) is 5.69 Å². The molecule has 0 bridgehead atoms. The van der Waals surface area contributed by atoms with Crippen LogP contribution in [0.2, 0.25) is 0 Å². The molecule has 0 spiro atoms. The highest BCUT2D eigenvalue weighted by atomic mass is 15.1. The summed E-state index contributed by atoms with van der Waals surface area (Å²) in [4.78, 5) is 0. The van der Waals surface area contributed by atoms with Crippen LogP contribution < -0.4 is 5.84 Å². The van der Waals surface area contributed by atoms with Crippen LogP contribution in [0.1, 0.15) is 18.3 Å². The summed E-state index contributed by atoms with van der Waals surface area (Å²) >= 11 is 0. The molecule has 0 amide bonds. The second kappa shape index (κ2) is 3.18. The normalized spacial score (nSPS) is 12.0. The van der Waals surface area contributed by atoms with Crippen molar-refractivity contribution >= 4 is 5.71 Å². The van der Waals surface area contributed by atoms with Crippen molar-refractivity contribution in [3.8, 4) is 0 Å². The van der Waals surface area contributed by atoms with E-state index in [-0.39, 0.29) is 0 Å². The summed E-state index contributed by atoms with van der Waals surface area (Å²) in [6.07, 6.45) is 0.723. The molecule has 0 saturated heterocycles. The van der Waals surface area contributed by atoms with E-state index in [0.29, 0.717) is 0 Å². The zero-order chi connectivity index (χ0) is 8.27. The van der Waals surface area contributed by atoms with Gasteiger partial charge in [-0.05, 0) is 19.9 Å². The third-order valence-electron chi connectivity index (χ3n) is 1.42. The number of hydrogen-bond donors (Lipinski definition) is 2. The number of nitrogens with two attached hydrogens (primary N) is 1. The number of H-pyrrole nitrogens is 1. The fraction of sp³-hybridized carbons (Fsp3) is 0.429. The van der Waals surface area contributed by atoms with E-state index in [1.54, 1.807) is 0 Å². The molecule has 0 fully saturated rings. The molecule has 1 aromatic heterocycles. The third kappa shape index (κ3) is 2.07. The Hall–Kier alpha value is -1.32. The molecule has 0 atom stereocenters. The first kappa shape index (κ1) is 7.78. The zero-order valence-electron chi connectivity index (χ0n) is 6.76. The summed E-state index contributed by atoms with van der Waals surface area (Å²) < 4.78 is 0. The number of nitrogens with one attached hydrogen (secondary N) is 1. The summed E-state index contributed by atoms with van der Waals surface area (Å²) in [6.45, 7) is 3.84. The molecule has 4 heteroatoms. The zero-order valence-corrected chi connectivity index (χ0v) is 6.76. The molecule has 0 aliphatic heterocycles. The molecule has 4 nitrogen and oxygen atoms in total. The average Bonchev–Trinajstić information content (AvgIpc) is 2.35. The number of aryl methyl sites for hydroxylation is 1. The molecule has 1 aromatic rings. The van der Waals surface area contributed by atoms with Crippen molar-refractivity contribution in [3.63, 3.8) is 0 Å². The van der Waals surface area contributed by atoms with E-state index < -0.39 is 0 Å². The molecule has 3 N–H and O–H groups in total. The van der Waals surface area contributed by atoms with Gasteiger partial charge in [0.15, 0.2) is 0 Å². The largest absolute Gasteiger partial charge is 0.323 e. The van der Waals surface area contributed by atoms with Gasteiger partial charge in [-0.3, -0.25) is 5.10 Å². The molecule has 0 unspecified atom stereocenters. The summed E-state index contributed by atoms with van der Waals surface area (Å²) in [6, 6.07) is 1.98. The topological polar surface area (TPSA) is 67.1 Å². The van der Waals surface area contributed by atoms with Crippen molar-refractivity contribution in [2.45, 2.75) is 20.3 Å². The number of hydrogen-bond acceptors (Lipinski definition) is 3. The summed E-state index contributed by atoms with van der Waals surface area (Å²) in [7, 11) is 0. The fourth-order valence-electron chi connectivity index (χ4n) is 0.873. The van der Waals surface area contributed by atoms with Gasteiger partial charge in [0.2, 0.25) is 0 Å². The number of aromatic nitrogens is 2. The molecule has 1 heterocycles. The maximum atomic E-state index is 5.08. The Morgan fingerprint density at radius 1 is 1.82 bits per heavy atom. The lowest BCUT2D eigenvalue weighted by molar-refractivity contribution is 0.995. The minimum atomic E-state index is 0.723. The van der Waals surface area contributed by atoms with Crippen molar-refractivity contribution in [2.75, 3.05) is 0 Å². The Balaban J connectivity index is 2.65. The average molecular weight is 152 g/mol. The standard InChI is InChI=1S/C7H12N4/c1-5(9-8)3-7-4-6(2)10-11-7/h4H,3,8H2,1-2H3,(H,10,11)/b9-5+. The van der Waals surface area contributed by atoms with Crippen molar-refractivity contribution in [3.05, 3.63) is 17.5 Å². The highest BCUT2D eigenvalue weighted by Gasteiger charge is 1.98. The summed E-state index contributed by atoms with van der Waals surface area (Å²) in [5, 5.41) is 10.5. The van der Waals surface area contributed by atoms with E-state index in [4.69, 9.17) is 5.84 Å². The van der Waals surface area contributed by atoms with Crippen LogP contribution in [0.4, 0.5) is 0 Å². The lowest BCUT2D eigenvalue weighted by Crippen LogP contribution is -2.01. The third-order valence-corrected chi connectivity index (χ3v) is 1.42. The SMILES string of the molecule is C/C(Cc1cc(C)[nH]n1)=N\N. The quantitative estimate of drug-likeness (QED) is 0.370. The Morgan fingerprint density at radius 3 is 3.00 bits per heavy atom. The molecule has 0 saturated carbocycles. The molecule has 60 valence electrons. The highest BCUT2D eigenvalue weighted by molar-refractivity contribution is 5.83. The van der Waals surface area contributed by atoms with Crippen LogP contribution in [0, 0.1) is 6.92 Å². The van der Waals surface area contributed by atoms with Crippen molar-refractivity contribution in [2.24, 2.45) is 10.9 Å². The van der Waals surface area contributed by atoms with Gasteiger partial charge in [-0.2, -0.15) is 10.2 Å². The van der Waals surface area contributed by atoms with Gasteiger partial charge in [-0.15, -0.1) is 0 Å². The van der Waals surface area contributed by atoms with Crippen LogP contribution >= 0.6 is 0 Å². The first-order valence-corrected chi connectivity index (χ1v) is 3.46. The highest BCUT2D eigenvalue weighted by Crippen LogP contribution is 1.99. The second-order valence-corrected chi connectivity index (χ2v) is 2.58. The second-order valence-electron chi connectivity index (χ2n) is 2.58. The minimum absolute atomic E-state index is 0.723. The number of hydrazone groups is 1. The van der Waals surface area contributed by atoms with Crippen LogP contribution in [-0.2, 0) is 6.42 Å². The molecule has 1 rings (SSSR count). The molecule has 11 heavy (non-hydrogen) atoms. The van der Waals surface area contributed by atoms with Crippen LogP contribution in [0.15, 0.2) is 11.2 Å². The maximum absolute atomic E-state index is 5.08. The van der Waals surface area contributed by atoms with E-state index in [0.717, 1.165) is 23.5 Å². The van der Waals surface area contributed by atoms with E-state index in [1.165, 1.54) is 0 Å². The monoisotopic (exact) mass is 152 g/mol. The predicted octanol–water partition coefficient (Wildman–Crippen LogP) is 0.595. The van der Waals surface area contributed by atoms with E-state index in [1.807, 2.05) is 19.9 Å². The molecule has 0 aromatic carbocycles. The Bertz CT molecular complexity index is 261. The van der Waals surface area contributed by atoms with E-state index in [2.05, 4.69) is 15.3 Å². The van der Waals surface area contributed by atoms with Crippen molar-refractivity contribution < 1.29 is 0 Å².